The summed E-state index contributed by atoms with van der Waals surface area (Å²) >= 11 is 1.24. The number of Topliss-reactive ketones (excluding diaryl/α,β-unsaturated/α-hetero) is 1. The standard InChI is InChI=1S/C30H39N5O6S2/c1-15(2)23(34-43(40,41)17-9-10-17)29(39)35-14-18-22(30(18,3)4)24(35)27(38)32-20(13-16-11-12-31-26(16)37)25(36)28-33-19-7-5-6-8-21(19)42-28/h5-8,15-18,20,22-24,34H,9-14H2,1-4H3,(H,31,37)(H,32,38)/t16-,18-,20-,22-,23-,24-/m0/s1. The van der Waals surface area contributed by atoms with Crippen molar-refractivity contribution in [3.8, 4) is 0 Å². The van der Waals surface area contributed by atoms with Crippen molar-refractivity contribution < 1.29 is 27.6 Å². The predicted molar refractivity (Wildman–Crippen MR) is 162 cm³/mol. The molecule has 1 aromatic heterocycles. The number of aromatic nitrogens is 1. The lowest BCUT2D eigenvalue weighted by molar-refractivity contribution is -0.142. The summed E-state index contributed by atoms with van der Waals surface area (Å²) in [6, 6.07) is 4.54. The van der Waals surface area contributed by atoms with Crippen LogP contribution in [0, 0.1) is 29.1 Å². The van der Waals surface area contributed by atoms with Crippen LogP contribution in [0.5, 0.6) is 0 Å². The molecule has 0 spiro atoms. The Balaban J connectivity index is 1.27. The Kier molecular flexibility index (Phi) is 7.65. The van der Waals surface area contributed by atoms with Gasteiger partial charge in [0.15, 0.2) is 5.01 Å². The van der Waals surface area contributed by atoms with Crippen molar-refractivity contribution >= 4 is 55.1 Å². The Labute approximate surface area is 255 Å². The fourth-order valence-corrected chi connectivity index (χ4v) is 9.52. The highest BCUT2D eigenvalue weighted by Gasteiger charge is 2.69. The number of hydrogen-bond acceptors (Lipinski definition) is 8. The molecule has 2 saturated heterocycles. The van der Waals surface area contributed by atoms with Crippen LogP contribution in [0.4, 0.5) is 0 Å². The molecule has 3 heterocycles. The first-order valence-electron chi connectivity index (χ1n) is 15.1. The molecule has 6 rings (SSSR count). The van der Waals surface area contributed by atoms with Gasteiger partial charge in [-0.05, 0) is 61.0 Å². The van der Waals surface area contributed by atoms with Crippen LogP contribution in [-0.2, 0) is 24.4 Å². The molecule has 4 fully saturated rings. The molecule has 3 amide bonds. The molecule has 232 valence electrons. The van der Waals surface area contributed by atoms with Gasteiger partial charge in [-0.15, -0.1) is 11.3 Å². The van der Waals surface area contributed by atoms with E-state index in [1.807, 2.05) is 24.3 Å². The van der Waals surface area contributed by atoms with Gasteiger partial charge in [0.05, 0.1) is 21.5 Å². The molecule has 0 radical (unpaired) electrons. The Bertz CT molecular complexity index is 1550. The van der Waals surface area contributed by atoms with Crippen molar-refractivity contribution in [2.24, 2.45) is 29.1 Å². The average molecular weight is 630 g/mol. The molecule has 2 aliphatic heterocycles. The third kappa shape index (κ3) is 5.59. The van der Waals surface area contributed by atoms with Crippen LogP contribution >= 0.6 is 11.3 Å². The number of sulfonamides is 1. The van der Waals surface area contributed by atoms with Gasteiger partial charge in [-0.1, -0.05) is 39.8 Å². The van der Waals surface area contributed by atoms with Crippen LogP contribution in [0.2, 0.25) is 0 Å². The van der Waals surface area contributed by atoms with E-state index in [9.17, 15) is 27.6 Å². The summed E-state index contributed by atoms with van der Waals surface area (Å²) in [5, 5.41) is 5.51. The molecule has 4 aliphatic rings. The van der Waals surface area contributed by atoms with Gasteiger partial charge in [-0.3, -0.25) is 19.2 Å². The van der Waals surface area contributed by atoms with E-state index in [1.165, 1.54) is 16.2 Å². The Morgan fingerprint density at radius 1 is 1.16 bits per heavy atom. The fourth-order valence-electron chi connectivity index (χ4n) is 6.88. The number of benzene rings is 1. The van der Waals surface area contributed by atoms with Crippen molar-refractivity contribution in [3.05, 3.63) is 29.3 Å². The van der Waals surface area contributed by atoms with Crippen LogP contribution in [0.15, 0.2) is 24.3 Å². The summed E-state index contributed by atoms with van der Waals surface area (Å²) in [4.78, 5) is 60.5. The normalized spacial score (nSPS) is 27.6. The number of fused-ring (bicyclic) bond motifs is 2. The first-order valence-corrected chi connectivity index (χ1v) is 17.5. The Hall–Kier alpha value is -2.90. The summed E-state index contributed by atoms with van der Waals surface area (Å²) in [7, 11) is -3.65. The minimum absolute atomic E-state index is 0.0825. The topological polar surface area (TPSA) is 155 Å². The summed E-state index contributed by atoms with van der Waals surface area (Å²) in [5.74, 6) is -2.21. The smallest absolute Gasteiger partial charge is 0.243 e. The fraction of sp³-hybridized carbons (Fsp3) is 0.633. The zero-order chi connectivity index (χ0) is 30.8. The molecular formula is C30H39N5O6S2. The number of carbonyl (C=O) groups excluding carboxylic acids is 4. The van der Waals surface area contributed by atoms with Crippen molar-refractivity contribution in [2.75, 3.05) is 13.1 Å². The second-order valence-corrected chi connectivity index (χ2v) is 16.4. The molecule has 11 nitrogen and oxygen atoms in total. The first kappa shape index (κ1) is 30.1. The largest absolute Gasteiger partial charge is 0.356 e. The van der Waals surface area contributed by atoms with Gasteiger partial charge in [0.1, 0.15) is 12.1 Å². The molecule has 6 atom stereocenters. The second kappa shape index (κ2) is 10.9. The summed E-state index contributed by atoms with van der Waals surface area (Å²) in [6.45, 7) is 8.54. The van der Waals surface area contributed by atoms with E-state index in [0.717, 1.165) is 4.70 Å². The van der Waals surface area contributed by atoms with Crippen LogP contribution in [0.3, 0.4) is 0 Å². The van der Waals surface area contributed by atoms with E-state index in [4.69, 9.17) is 0 Å². The highest BCUT2D eigenvalue weighted by Crippen LogP contribution is 2.65. The number of likely N-dealkylation sites (tertiary alicyclic amines) is 1. The minimum Gasteiger partial charge on any atom is -0.356 e. The number of nitrogens with one attached hydrogen (secondary N) is 3. The molecule has 2 aromatic rings. The molecule has 0 bridgehead atoms. The van der Waals surface area contributed by atoms with E-state index >= 15 is 0 Å². The van der Waals surface area contributed by atoms with E-state index in [1.54, 1.807) is 13.8 Å². The maximum absolute atomic E-state index is 14.1. The second-order valence-electron chi connectivity index (χ2n) is 13.4. The van der Waals surface area contributed by atoms with Crippen molar-refractivity contribution in [3.63, 3.8) is 0 Å². The lowest BCUT2D eigenvalue weighted by atomic mass is 9.94. The lowest BCUT2D eigenvalue weighted by Gasteiger charge is -2.35. The molecule has 1 aromatic carbocycles. The number of amides is 3. The van der Waals surface area contributed by atoms with Crippen LogP contribution in [0.1, 0.15) is 63.2 Å². The van der Waals surface area contributed by atoms with E-state index in [-0.39, 0.29) is 46.3 Å². The highest BCUT2D eigenvalue weighted by molar-refractivity contribution is 7.90. The van der Waals surface area contributed by atoms with Crippen molar-refractivity contribution in [2.45, 2.75) is 76.8 Å². The maximum atomic E-state index is 14.1. The molecule has 2 aliphatic carbocycles. The molecule has 0 unspecified atom stereocenters. The van der Waals surface area contributed by atoms with E-state index in [2.05, 4.69) is 34.2 Å². The van der Waals surface area contributed by atoms with Gasteiger partial charge in [0.25, 0.3) is 0 Å². The van der Waals surface area contributed by atoms with Crippen LogP contribution in [0.25, 0.3) is 10.2 Å². The van der Waals surface area contributed by atoms with Crippen molar-refractivity contribution in [1.82, 2.24) is 25.2 Å². The number of nitrogens with zero attached hydrogens (tertiary/aromatic N) is 2. The van der Waals surface area contributed by atoms with Gasteiger partial charge in [-0.25, -0.2) is 18.1 Å². The third-order valence-electron chi connectivity index (χ3n) is 9.77. The number of hydrogen-bond donors (Lipinski definition) is 3. The van der Waals surface area contributed by atoms with Gasteiger partial charge in [-0.2, -0.15) is 0 Å². The zero-order valence-corrected chi connectivity index (χ0v) is 26.5. The minimum atomic E-state index is -3.65. The van der Waals surface area contributed by atoms with E-state index < -0.39 is 51.1 Å². The number of piperidine rings is 1. The van der Waals surface area contributed by atoms with Gasteiger partial charge < -0.3 is 15.5 Å². The number of thiazole rings is 1. The predicted octanol–water partition coefficient (Wildman–Crippen LogP) is 2.08. The molecule has 2 saturated carbocycles. The molecule has 3 N–H and O–H groups in total. The summed E-state index contributed by atoms with van der Waals surface area (Å²) in [6.07, 6.45) is 1.83. The van der Waals surface area contributed by atoms with Gasteiger partial charge in [0, 0.05) is 19.0 Å². The maximum Gasteiger partial charge on any atom is 0.243 e. The Morgan fingerprint density at radius 3 is 2.51 bits per heavy atom. The summed E-state index contributed by atoms with van der Waals surface area (Å²) in [5.41, 5.74) is 0.500. The van der Waals surface area contributed by atoms with Crippen LogP contribution < -0.4 is 15.4 Å². The van der Waals surface area contributed by atoms with Gasteiger partial charge in [0.2, 0.25) is 33.5 Å². The summed E-state index contributed by atoms with van der Waals surface area (Å²) < 4.78 is 29.1. The molecule has 13 heteroatoms. The lowest BCUT2D eigenvalue weighted by Crippen LogP contribution is -2.58. The zero-order valence-electron chi connectivity index (χ0n) is 24.8. The van der Waals surface area contributed by atoms with Gasteiger partial charge >= 0.3 is 0 Å². The molecular weight excluding hydrogens is 590 g/mol. The Morgan fingerprint density at radius 2 is 1.88 bits per heavy atom. The number of rotatable bonds is 11. The number of para-hydroxylation sites is 1. The van der Waals surface area contributed by atoms with Crippen molar-refractivity contribution in [1.29, 1.82) is 0 Å². The van der Waals surface area contributed by atoms with E-state index in [0.29, 0.717) is 37.9 Å². The number of carbonyl (C=O) groups is 4. The first-order chi connectivity index (χ1) is 20.3. The quantitative estimate of drug-likeness (QED) is 0.322. The monoisotopic (exact) mass is 629 g/mol. The number of ketones is 1. The third-order valence-corrected chi connectivity index (χ3v) is 12.8. The SMILES string of the molecule is CC(C)[C@H](NS(=O)(=O)C1CC1)C(=O)N1C[C@H]2[C@@H]([C@H]1C(=O)N[C@@H](C[C@@H]1CCNC1=O)C(=O)c1nc3ccccc3s1)C2(C)C. The highest BCUT2D eigenvalue weighted by atomic mass is 32.2. The average Bonchev–Trinajstić information content (AvgIpc) is 3.67. The van der Waals surface area contributed by atoms with Crippen LogP contribution in [-0.4, -0.2) is 78.3 Å². The molecule has 43 heavy (non-hydrogen) atoms.